The number of imidazole rings is 1. The largest absolute Gasteiger partial charge is 0.460 e. The van der Waals surface area contributed by atoms with E-state index in [4.69, 9.17) is 33.7 Å². The molecule has 7 rings (SSSR count). The summed E-state index contributed by atoms with van der Waals surface area (Å²) < 4.78 is 53.1. The molecule has 254 valence electrons. The van der Waals surface area contributed by atoms with Crippen molar-refractivity contribution in [2.45, 2.75) is 82.0 Å². The fourth-order valence-corrected chi connectivity index (χ4v) is 8.08. The molecule has 2 aromatic carbocycles. The number of H-pyrrole nitrogens is 1. The van der Waals surface area contributed by atoms with Crippen molar-refractivity contribution < 1.29 is 37.4 Å². The van der Waals surface area contributed by atoms with Crippen molar-refractivity contribution in [3.63, 3.8) is 0 Å². The van der Waals surface area contributed by atoms with E-state index in [0.29, 0.717) is 12.8 Å². The molecule has 4 aromatic rings. The van der Waals surface area contributed by atoms with Crippen molar-refractivity contribution in [2.24, 2.45) is 0 Å². The number of benzene rings is 2. The molecule has 2 saturated heterocycles. The number of carbonyl (C=O) groups excluding carboxylic acids is 1. The highest BCUT2D eigenvalue weighted by Gasteiger charge is 2.67. The number of para-hydroxylation sites is 1. The molecule has 3 aliphatic rings. The van der Waals surface area contributed by atoms with Gasteiger partial charge in [-0.1, -0.05) is 48.5 Å². The molecule has 4 N–H and O–H groups in total. The maximum Gasteiger partial charge on any atom is 0.459 e. The van der Waals surface area contributed by atoms with Gasteiger partial charge in [0.1, 0.15) is 36.2 Å². The second kappa shape index (κ2) is 12.7. The van der Waals surface area contributed by atoms with E-state index in [1.165, 1.54) is 13.3 Å². The lowest BCUT2D eigenvalue weighted by Gasteiger charge is -2.31. The quantitative estimate of drug-likeness (QED) is 0.152. The molecule has 3 fully saturated rings. The van der Waals surface area contributed by atoms with Crippen LogP contribution < -0.4 is 20.9 Å². The molecule has 2 aliphatic heterocycles. The van der Waals surface area contributed by atoms with Gasteiger partial charge in [0.2, 0.25) is 5.95 Å². The maximum absolute atomic E-state index is 14.3. The van der Waals surface area contributed by atoms with E-state index >= 15 is 0 Å². The topological polar surface area (TPSA) is 191 Å². The molecule has 1 aliphatic carbocycles. The highest BCUT2D eigenvalue weighted by molar-refractivity contribution is 7.52. The van der Waals surface area contributed by atoms with Crippen LogP contribution in [0.5, 0.6) is 5.75 Å². The van der Waals surface area contributed by atoms with E-state index in [-0.39, 0.29) is 36.1 Å². The number of aromatic nitrogens is 4. The summed E-state index contributed by atoms with van der Waals surface area (Å²) in [6.07, 6.45) is 2.30. The Hall–Kier alpha value is -4.11. The number of esters is 1. The lowest BCUT2D eigenvalue weighted by atomic mass is 9.96. The van der Waals surface area contributed by atoms with Crippen LogP contribution in [0, 0.1) is 0 Å². The third-order valence-electron chi connectivity index (χ3n) is 8.82. The van der Waals surface area contributed by atoms with Gasteiger partial charge in [0.05, 0.1) is 12.9 Å². The smallest absolute Gasteiger partial charge is 0.459 e. The van der Waals surface area contributed by atoms with Crippen LogP contribution in [-0.2, 0) is 39.4 Å². The highest BCUT2D eigenvalue weighted by Crippen LogP contribution is 2.56. The molecule has 6 atom stereocenters. The number of hydrogen-bond acceptors (Lipinski definition) is 12. The van der Waals surface area contributed by atoms with Crippen LogP contribution in [0.4, 0.5) is 5.95 Å². The highest BCUT2D eigenvalue weighted by atomic mass is 31.2. The minimum Gasteiger partial charge on any atom is -0.460 e. The number of hydrogen-bond donors (Lipinski definition) is 3. The fourth-order valence-electron chi connectivity index (χ4n) is 6.58. The van der Waals surface area contributed by atoms with Crippen molar-refractivity contribution in [3.8, 4) is 5.75 Å². The number of carbonyl (C=O) groups is 1. The van der Waals surface area contributed by atoms with Crippen LogP contribution in [0.2, 0.25) is 0 Å². The van der Waals surface area contributed by atoms with Crippen molar-refractivity contribution in [2.75, 3.05) is 12.3 Å². The number of fused-ring (bicyclic) bond motifs is 2. The number of nitrogens with zero attached hydrogens (tertiary/aromatic N) is 3. The average molecular weight is 681 g/mol. The number of rotatable bonds is 11. The van der Waals surface area contributed by atoms with Gasteiger partial charge in [0, 0.05) is 12.8 Å². The van der Waals surface area contributed by atoms with Gasteiger partial charge in [0.25, 0.3) is 5.56 Å². The number of nitrogens with two attached hydrogens (primary N) is 1. The minimum atomic E-state index is -4.24. The van der Waals surface area contributed by atoms with E-state index in [9.17, 15) is 14.2 Å². The molecule has 1 spiro atoms. The van der Waals surface area contributed by atoms with Crippen LogP contribution in [0.15, 0.2) is 71.8 Å². The minimum absolute atomic E-state index is 0.0440. The van der Waals surface area contributed by atoms with E-state index in [1.807, 2.05) is 37.3 Å². The Bertz CT molecular complexity index is 1880. The summed E-state index contributed by atoms with van der Waals surface area (Å²) in [4.78, 5) is 36.5. The average Bonchev–Trinajstić information content (AvgIpc) is 3.82. The van der Waals surface area contributed by atoms with Gasteiger partial charge in [-0.2, -0.15) is 10.1 Å². The molecule has 1 saturated carbocycles. The lowest BCUT2D eigenvalue weighted by Crippen LogP contribution is -2.42. The molecule has 4 heterocycles. The monoisotopic (exact) mass is 680 g/mol. The normalized spacial score (nSPS) is 26.3. The maximum atomic E-state index is 14.3. The molecule has 2 unspecified atom stereocenters. The fraction of sp³-hybridized carbons (Fsp3) is 0.438. The first-order chi connectivity index (χ1) is 23.1. The SMILES string of the molecule is C[C@H](NP(=O)(OC[C@H]1O[C@@H](n2cnc3c(=O)[nH]c(N)nc32)[C@@]2(C)OC3(CCCC3)OC12)Oc1ccccc1)C(=O)OCc1ccccc1. The molecule has 2 aromatic heterocycles. The summed E-state index contributed by atoms with van der Waals surface area (Å²) in [5.74, 6) is -1.29. The molecule has 15 nitrogen and oxygen atoms in total. The number of aromatic amines is 1. The van der Waals surface area contributed by atoms with Crippen LogP contribution in [0.1, 0.15) is 51.3 Å². The first kappa shape index (κ1) is 32.4. The van der Waals surface area contributed by atoms with E-state index in [2.05, 4.69) is 20.0 Å². The van der Waals surface area contributed by atoms with E-state index in [0.717, 1.165) is 18.4 Å². The van der Waals surface area contributed by atoms with Crippen LogP contribution in [-0.4, -0.2) is 61.7 Å². The Balaban J connectivity index is 1.14. The van der Waals surface area contributed by atoms with Gasteiger partial charge < -0.3 is 29.2 Å². The molecule has 0 radical (unpaired) electrons. The van der Waals surface area contributed by atoms with Gasteiger partial charge in [-0.3, -0.25) is 23.7 Å². The van der Waals surface area contributed by atoms with Gasteiger partial charge >= 0.3 is 13.7 Å². The third-order valence-corrected chi connectivity index (χ3v) is 10.5. The standard InChI is InChI=1S/C32H37N6O9P/c1-20(28(40)42-17-21-11-5-3-6-12-21)37-48(41,46-22-13-7-4-8-14-22)43-18-23-25-31(2,47-32(45-25)15-9-10-16-32)29(44-23)38-19-34-24-26(38)35-30(33)36-27(24)39/h3-8,11-14,19-20,23,25,29H,9-10,15-18H2,1-2H3,(H,37,41)(H3,33,35,36,39)/t20-,23+,25?,29+,31-,48?/m0/s1. The Morgan fingerprint density at radius 3 is 2.60 bits per heavy atom. The lowest BCUT2D eigenvalue weighted by molar-refractivity contribution is -0.231. The second-order valence-electron chi connectivity index (χ2n) is 12.4. The molecular formula is C32H37N6O9P. The first-order valence-electron chi connectivity index (χ1n) is 15.8. The number of anilines is 1. The molecule has 48 heavy (non-hydrogen) atoms. The summed E-state index contributed by atoms with van der Waals surface area (Å²) >= 11 is 0. The number of nitrogen functional groups attached to an aromatic ring is 1. The molecular weight excluding hydrogens is 643 g/mol. The number of nitrogens with one attached hydrogen (secondary N) is 2. The number of ether oxygens (including phenoxy) is 4. The summed E-state index contributed by atoms with van der Waals surface area (Å²) in [6.45, 7) is 3.14. The van der Waals surface area contributed by atoms with Gasteiger partial charge in [-0.25, -0.2) is 9.55 Å². The molecule has 0 amide bonds. The molecule has 0 bridgehead atoms. The van der Waals surface area contributed by atoms with Crippen LogP contribution in [0.25, 0.3) is 11.2 Å². The first-order valence-corrected chi connectivity index (χ1v) is 17.3. The zero-order chi connectivity index (χ0) is 33.5. The van der Waals surface area contributed by atoms with E-state index < -0.39 is 55.1 Å². The summed E-state index contributed by atoms with van der Waals surface area (Å²) in [5, 5.41) is 2.73. The van der Waals surface area contributed by atoms with Crippen LogP contribution in [0.3, 0.4) is 0 Å². The van der Waals surface area contributed by atoms with Crippen molar-refractivity contribution in [3.05, 3.63) is 82.9 Å². The van der Waals surface area contributed by atoms with Crippen molar-refractivity contribution >= 4 is 30.8 Å². The summed E-state index contributed by atoms with van der Waals surface area (Å²) in [5.41, 5.74) is 5.39. The summed E-state index contributed by atoms with van der Waals surface area (Å²) in [6, 6.07) is 16.6. The Labute approximate surface area is 275 Å². The predicted octanol–water partition coefficient (Wildman–Crippen LogP) is 3.97. The van der Waals surface area contributed by atoms with Crippen molar-refractivity contribution in [1.82, 2.24) is 24.6 Å². The van der Waals surface area contributed by atoms with Gasteiger partial charge in [0.15, 0.2) is 23.2 Å². The van der Waals surface area contributed by atoms with Crippen LogP contribution >= 0.6 is 7.75 Å². The third kappa shape index (κ3) is 6.25. The van der Waals surface area contributed by atoms with Gasteiger partial charge in [-0.05, 0) is 44.4 Å². The Kier molecular flexibility index (Phi) is 8.60. The van der Waals surface area contributed by atoms with Gasteiger partial charge in [-0.15, -0.1) is 0 Å². The summed E-state index contributed by atoms with van der Waals surface area (Å²) in [7, 11) is -4.24. The Morgan fingerprint density at radius 2 is 1.88 bits per heavy atom. The zero-order valence-corrected chi connectivity index (χ0v) is 27.3. The molecule has 16 heteroatoms. The zero-order valence-electron chi connectivity index (χ0n) is 26.4. The van der Waals surface area contributed by atoms with Crippen molar-refractivity contribution in [1.29, 1.82) is 0 Å². The second-order valence-corrected chi connectivity index (χ2v) is 14.1. The Morgan fingerprint density at radius 1 is 1.17 bits per heavy atom. The van der Waals surface area contributed by atoms with E-state index in [1.54, 1.807) is 34.9 Å². The predicted molar refractivity (Wildman–Crippen MR) is 171 cm³/mol.